The van der Waals surface area contributed by atoms with Crippen molar-refractivity contribution in [3.63, 3.8) is 0 Å². The molecule has 3 atom stereocenters. The number of anilines is 1. The minimum atomic E-state index is 0.427. The molecule has 3 aromatic heterocycles. The van der Waals surface area contributed by atoms with Crippen LogP contribution in [0.4, 0.5) is 5.95 Å². The van der Waals surface area contributed by atoms with Gasteiger partial charge in [-0.15, -0.1) is 10.2 Å². The highest BCUT2D eigenvalue weighted by molar-refractivity contribution is 6.30. The number of nitrogens with zero attached hydrogens (tertiary/aromatic N) is 7. The second-order valence-electron chi connectivity index (χ2n) is 8.67. The number of halogens is 1. The van der Waals surface area contributed by atoms with E-state index >= 15 is 0 Å². The zero-order valence-corrected chi connectivity index (χ0v) is 18.4. The van der Waals surface area contributed by atoms with E-state index in [0.29, 0.717) is 18.1 Å². The minimum Gasteiger partial charge on any atom is -0.334 e. The van der Waals surface area contributed by atoms with Crippen LogP contribution in [0.25, 0.3) is 16.7 Å². The van der Waals surface area contributed by atoms with Crippen molar-refractivity contribution >= 4 is 28.6 Å². The van der Waals surface area contributed by atoms with Crippen molar-refractivity contribution in [3.05, 3.63) is 59.4 Å². The standard InChI is InChI=1S/C23H24ClN7/c1-14-26-21-9-10-25-13-22(21)29(14)20-11-18-7-8-19(12-20)31(18)23-28-27-15(2)30(23)17-5-3-16(24)4-6-17/h3-6,9-10,13,18-20H,7-8,11-12H2,1-2H3/t18-,19+,20+. The first-order valence-corrected chi connectivity index (χ1v) is 11.2. The number of piperidine rings is 1. The van der Waals surface area contributed by atoms with Gasteiger partial charge in [0.1, 0.15) is 11.6 Å². The SMILES string of the molecule is Cc1nnc(N2[C@@H]3CC[C@H]2C[C@@H](n2c(C)nc4ccncc42)C3)n1-c1ccc(Cl)cc1. The lowest BCUT2D eigenvalue weighted by molar-refractivity contribution is 0.333. The third-order valence-corrected chi connectivity index (χ3v) is 7.12. The molecule has 31 heavy (non-hydrogen) atoms. The van der Waals surface area contributed by atoms with E-state index in [-0.39, 0.29) is 0 Å². The first kappa shape index (κ1) is 18.8. The first-order valence-electron chi connectivity index (χ1n) is 10.8. The van der Waals surface area contributed by atoms with Crippen molar-refractivity contribution in [2.24, 2.45) is 0 Å². The lowest BCUT2D eigenvalue weighted by Gasteiger charge is -2.40. The topological polar surface area (TPSA) is 64.7 Å². The third kappa shape index (κ3) is 2.94. The number of aromatic nitrogens is 6. The molecule has 8 heteroatoms. The fraction of sp³-hybridized carbons (Fsp3) is 0.391. The quantitative estimate of drug-likeness (QED) is 0.470. The maximum Gasteiger partial charge on any atom is 0.232 e. The van der Waals surface area contributed by atoms with Gasteiger partial charge in [0, 0.05) is 29.3 Å². The van der Waals surface area contributed by atoms with Crippen molar-refractivity contribution < 1.29 is 0 Å². The first-order chi connectivity index (χ1) is 15.1. The normalized spacial score (nSPS) is 23.1. The van der Waals surface area contributed by atoms with E-state index in [1.54, 1.807) is 0 Å². The second kappa shape index (κ2) is 7.05. The van der Waals surface area contributed by atoms with Crippen LogP contribution in [0.3, 0.4) is 0 Å². The Morgan fingerprint density at radius 1 is 0.903 bits per heavy atom. The highest BCUT2D eigenvalue weighted by Crippen LogP contribution is 2.44. The molecule has 1 aromatic carbocycles. The summed E-state index contributed by atoms with van der Waals surface area (Å²) in [6.45, 7) is 4.11. The molecular weight excluding hydrogens is 410 g/mol. The molecule has 7 nitrogen and oxygen atoms in total. The van der Waals surface area contributed by atoms with Gasteiger partial charge in [-0.05, 0) is 69.9 Å². The third-order valence-electron chi connectivity index (χ3n) is 6.87. The summed E-state index contributed by atoms with van der Waals surface area (Å²) in [6.07, 6.45) is 8.27. The van der Waals surface area contributed by atoms with Gasteiger partial charge in [0.2, 0.25) is 5.95 Å². The van der Waals surface area contributed by atoms with Gasteiger partial charge in [-0.1, -0.05) is 11.6 Å². The summed E-state index contributed by atoms with van der Waals surface area (Å²) in [7, 11) is 0. The Labute approximate surface area is 185 Å². The highest BCUT2D eigenvalue weighted by Gasteiger charge is 2.44. The molecular formula is C23H24ClN7. The van der Waals surface area contributed by atoms with Gasteiger partial charge in [-0.25, -0.2) is 4.98 Å². The van der Waals surface area contributed by atoms with E-state index in [1.165, 1.54) is 12.8 Å². The van der Waals surface area contributed by atoms with E-state index in [1.807, 2.05) is 49.6 Å². The molecule has 0 radical (unpaired) electrons. The average molecular weight is 434 g/mol. The van der Waals surface area contributed by atoms with Crippen molar-refractivity contribution in [3.8, 4) is 5.69 Å². The van der Waals surface area contributed by atoms with Crippen LogP contribution in [0.15, 0.2) is 42.7 Å². The molecule has 4 aromatic rings. The van der Waals surface area contributed by atoms with E-state index in [2.05, 4.69) is 36.1 Å². The Hall–Kier alpha value is -2.93. The molecule has 0 aliphatic carbocycles. The molecule has 0 amide bonds. The number of hydrogen-bond donors (Lipinski definition) is 0. The van der Waals surface area contributed by atoms with Crippen molar-refractivity contribution in [2.45, 2.75) is 57.7 Å². The average Bonchev–Trinajstić information content (AvgIpc) is 3.38. The molecule has 6 rings (SSSR count). The van der Waals surface area contributed by atoms with Crippen molar-refractivity contribution in [1.82, 2.24) is 29.3 Å². The predicted molar refractivity (Wildman–Crippen MR) is 121 cm³/mol. The van der Waals surface area contributed by atoms with E-state index in [9.17, 15) is 0 Å². The fourth-order valence-electron chi connectivity index (χ4n) is 5.62. The van der Waals surface area contributed by atoms with Crippen LogP contribution in [0.5, 0.6) is 0 Å². The molecule has 0 N–H and O–H groups in total. The number of benzene rings is 1. The summed E-state index contributed by atoms with van der Waals surface area (Å²) in [5.41, 5.74) is 3.21. The van der Waals surface area contributed by atoms with Gasteiger partial charge >= 0.3 is 0 Å². The number of aryl methyl sites for hydroxylation is 2. The molecule has 2 aliphatic rings. The fourth-order valence-corrected chi connectivity index (χ4v) is 5.74. The van der Waals surface area contributed by atoms with Crippen molar-refractivity contribution in [1.29, 1.82) is 0 Å². The van der Waals surface area contributed by atoms with Gasteiger partial charge in [0.25, 0.3) is 0 Å². The molecule has 2 fully saturated rings. The molecule has 0 spiro atoms. The van der Waals surface area contributed by atoms with Gasteiger partial charge in [0.15, 0.2) is 0 Å². The maximum absolute atomic E-state index is 6.11. The largest absolute Gasteiger partial charge is 0.334 e. The van der Waals surface area contributed by atoms with Crippen LogP contribution in [-0.4, -0.2) is 41.4 Å². The molecule has 0 unspecified atom stereocenters. The van der Waals surface area contributed by atoms with Gasteiger partial charge in [0.05, 0.1) is 22.9 Å². The Kier molecular flexibility index (Phi) is 4.28. The molecule has 5 heterocycles. The molecule has 158 valence electrons. The molecule has 0 saturated carbocycles. The molecule has 2 saturated heterocycles. The summed E-state index contributed by atoms with van der Waals surface area (Å²) in [5.74, 6) is 2.90. The predicted octanol–water partition coefficient (Wildman–Crippen LogP) is 4.65. The summed E-state index contributed by atoms with van der Waals surface area (Å²) in [6, 6.07) is 11.2. The molecule has 2 aliphatic heterocycles. The number of fused-ring (bicyclic) bond motifs is 3. The van der Waals surface area contributed by atoms with E-state index in [0.717, 1.165) is 52.2 Å². The lowest BCUT2D eigenvalue weighted by Crippen LogP contribution is -2.45. The summed E-state index contributed by atoms with van der Waals surface area (Å²) < 4.78 is 4.56. The number of imidazole rings is 1. The smallest absolute Gasteiger partial charge is 0.232 e. The minimum absolute atomic E-state index is 0.427. The van der Waals surface area contributed by atoms with Gasteiger partial charge in [-0.3, -0.25) is 9.55 Å². The van der Waals surface area contributed by atoms with Crippen LogP contribution in [0, 0.1) is 13.8 Å². The van der Waals surface area contributed by atoms with Gasteiger partial charge in [-0.2, -0.15) is 0 Å². The van der Waals surface area contributed by atoms with Crippen LogP contribution in [0.2, 0.25) is 5.02 Å². The van der Waals surface area contributed by atoms with E-state index in [4.69, 9.17) is 16.6 Å². The zero-order chi connectivity index (χ0) is 21.1. The lowest BCUT2D eigenvalue weighted by atomic mass is 9.97. The Morgan fingerprint density at radius 2 is 1.65 bits per heavy atom. The van der Waals surface area contributed by atoms with Crippen LogP contribution < -0.4 is 4.90 Å². The summed E-state index contributed by atoms with van der Waals surface area (Å²) in [5, 5.41) is 9.77. The Morgan fingerprint density at radius 3 is 2.39 bits per heavy atom. The van der Waals surface area contributed by atoms with Gasteiger partial charge < -0.3 is 9.47 Å². The van der Waals surface area contributed by atoms with E-state index < -0.39 is 0 Å². The van der Waals surface area contributed by atoms with Crippen molar-refractivity contribution in [2.75, 3.05) is 4.90 Å². The Bertz CT molecular complexity index is 1240. The van der Waals surface area contributed by atoms with Crippen LogP contribution in [0.1, 0.15) is 43.4 Å². The molecule has 2 bridgehead atoms. The number of rotatable bonds is 3. The zero-order valence-electron chi connectivity index (χ0n) is 17.6. The highest BCUT2D eigenvalue weighted by atomic mass is 35.5. The number of pyridine rings is 1. The maximum atomic E-state index is 6.11. The monoisotopic (exact) mass is 433 g/mol. The summed E-state index contributed by atoms with van der Waals surface area (Å²) in [4.78, 5) is 11.6. The van der Waals surface area contributed by atoms with Crippen LogP contribution >= 0.6 is 11.6 Å². The van der Waals surface area contributed by atoms with Crippen LogP contribution in [-0.2, 0) is 0 Å². The summed E-state index contributed by atoms with van der Waals surface area (Å²) >= 11 is 6.11. The number of hydrogen-bond acceptors (Lipinski definition) is 5. The Balaban J connectivity index is 1.36. The second-order valence-corrected chi connectivity index (χ2v) is 9.11.